The first kappa shape index (κ1) is 23.2. The van der Waals surface area contributed by atoms with E-state index in [1.54, 1.807) is 13.3 Å². The lowest BCUT2D eigenvalue weighted by atomic mass is 9.86. The van der Waals surface area contributed by atoms with Crippen molar-refractivity contribution in [1.82, 2.24) is 9.78 Å². The molecule has 1 aromatic carbocycles. The van der Waals surface area contributed by atoms with Crippen LogP contribution in [0.25, 0.3) is 11.3 Å². The van der Waals surface area contributed by atoms with Gasteiger partial charge in [0.05, 0.1) is 12.8 Å². The molecule has 0 atom stereocenters. The number of ether oxygens (including phenoxy) is 3. The number of hydrogen-bond donors (Lipinski definition) is 0. The fourth-order valence-electron chi connectivity index (χ4n) is 3.00. The van der Waals surface area contributed by atoms with Gasteiger partial charge in [0.25, 0.3) is 0 Å². The summed E-state index contributed by atoms with van der Waals surface area (Å²) in [5.74, 6) is 0.524. The maximum Gasteiger partial charge on any atom is 0.510 e. The number of allylic oxidation sites excluding steroid dienone is 1. The van der Waals surface area contributed by atoms with E-state index < -0.39 is 6.16 Å². The van der Waals surface area contributed by atoms with Crippen LogP contribution in [-0.2, 0) is 26.2 Å². The van der Waals surface area contributed by atoms with E-state index in [1.807, 2.05) is 36.7 Å². The van der Waals surface area contributed by atoms with Gasteiger partial charge in [0.15, 0.2) is 5.76 Å². The Labute approximate surface area is 178 Å². The van der Waals surface area contributed by atoms with Crippen molar-refractivity contribution in [2.24, 2.45) is 4.99 Å². The van der Waals surface area contributed by atoms with Gasteiger partial charge in [0.1, 0.15) is 5.69 Å². The molecular weight excluding hydrogens is 382 g/mol. The maximum atomic E-state index is 11.4. The number of methoxy groups -OCH3 is 1. The van der Waals surface area contributed by atoms with Crippen LogP contribution in [0.1, 0.15) is 50.2 Å². The highest BCUT2D eigenvalue weighted by molar-refractivity contribution is 6.18. The highest BCUT2D eigenvalue weighted by Gasteiger charge is 2.19. The molecule has 0 aliphatic heterocycles. The van der Waals surface area contributed by atoms with Gasteiger partial charge in [-0.25, -0.2) is 4.79 Å². The number of carbonyl (C=O) groups excluding carboxylic acids is 1. The van der Waals surface area contributed by atoms with Crippen molar-refractivity contribution in [2.45, 2.75) is 46.6 Å². The van der Waals surface area contributed by atoms with Gasteiger partial charge in [-0.15, -0.1) is 0 Å². The summed E-state index contributed by atoms with van der Waals surface area (Å²) in [6, 6.07) is 10.2. The molecule has 0 radical (unpaired) electrons. The second kappa shape index (κ2) is 10.1. The monoisotopic (exact) mass is 413 g/mol. The molecule has 2 aromatic rings. The molecule has 1 heterocycles. The van der Waals surface area contributed by atoms with Gasteiger partial charge in [-0.1, -0.05) is 45.0 Å². The molecule has 0 aliphatic rings. The Bertz CT molecular complexity index is 919. The van der Waals surface area contributed by atoms with E-state index in [-0.39, 0.29) is 12.2 Å². The minimum absolute atomic E-state index is 0.0485. The van der Waals surface area contributed by atoms with Crippen molar-refractivity contribution >= 4 is 23.7 Å². The van der Waals surface area contributed by atoms with Gasteiger partial charge in [-0.2, -0.15) is 5.10 Å². The summed E-state index contributed by atoms with van der Waals surface area (Å²) in [6.45, 7) is 10.8. The maximum absolute atomic E-state index is 11.4. The summed E-state index contributed by atoms with van der Waals surface area (Å²) >= 11 is 0. The van der Waals surface area contributed by atoms with Crippen LogP contribution >= 0.6 is 0 Å². The van der Waals surface area contributed by atoms with Crippen molar-refractivity contribution in [3.63, 3.8) is 0 Å². The molecule has 0 spiro atoms. The van der Waals surface area contributed by atoms with Crippen LogP contribution in [0.15, 0.2) is 35.3 Å². The molecule has 0 saturated heterocycles. The normalized spacial score (nSPS) is 12.6. The van der Waals surface area contributed by atoms with Crippen LogP contribution < -0.4 is 0 Å². The third-order valence-electron chi connectivity index (χ3n) is 4.55. The number of aromatic nitrogens is 2. The molecular formula is C23H31N3O4. The largest absolute Gasteiger partial charge is 0.510 e. The Balaban J connectivity index is 2.59. The van der Waals surface area contributed by atoms with Gasteiger partial charge in [0.2, 0.25) is 6.79 Å². The lowest BCUT2D eigenvalue weighted by Gasteiger charge is -2.20. The van der Waals surface area contributed by atoms with Crippen LogP contribution in [0.4, 0.5) is 4.79 Å². The van der Waals surface area contributed by atoms with Crippen molar-refractivity contribution in [3.8, 4) is 0 Å². The zero-order valence-corrected chi connectivity index (χ0v) is 18.9. The zero-order chi connectivity index (χ0) is 22.3. The Kier molecular flexibility index (Phi) is 7.80. The summed E-state index contributed by atoms with van der Waals surface area (Å²) in [5, 5.41) is 4.52. The summed E-state index contributed by atoms with van der Waals surface area (Å²) < 4.78 is 17.3. The van der Waals surface area contributed by atoms with Crippen LogP contribution in [-0.4, -0.2) is 43.1 Å². The van der Waals surface area contributed by atoms with E-state index >= 15 is 0 Å². The first-order valence-corrected chi connectivity index (χ1v) is 9.87. The quantitative estimate of drug-likeness (QED) is 0.281. The molecule has 0 saturated carbocycles. The first-order valence-electron chi connectivity index (χ1n) is 9.87. The summed E-state index contributed by atoms with van der Waals surface area (Å²) in [6.07, 6.45) is 0.928. The zero-order valence-electron chi connectivity index (χ0n) is 18.9. The van der Waals surface area contributed by atoms with E-state index in [2.05, 4.69) is 47.7 Å². The summed E-state index contributed by atoms with van der Waals surface area (Å²) in [7, 11) is 2.95. The van der Waals surface area contributed by atoms with Crippen molar-refractivity contribution < 1.29 is 19.0 Å². The van der Waals surface area contributed by atoms with Gasteiger partial charge < -0.3 is 14.2 Å². The highest BCUT2D eigenvalue weighted by Crippen LogP contribution is 2.29. The van der Waals surface area contributed by atoms with Crippen LogP contribution in [0.3, 0.4) is 0 Å². The molecule has 1 aromatic heterocycles. The van der Waals surface area contributed by atoms with E-state index in [0.29, 0.717) is 12.3 Å². The number of rotatable bonds is 7. The first-order chi connectivity index (χ1) is 14.2. The number of benzene rings is 1. The van der Waals surface area contributed by atoms with E-state index in [1.165, 1.54) is 12.7 Å². The number of aryl methyl sites for hydroxylation is 2. The molecule has 162 valence electrons. The highest BCUT2D eigenvalue weighted by atomic mass is 16.8. The second-order valence-electron chi connectivity index (χ2n) is 7.80. The minimum Gasteiger partial charge on any atom is -0.454 e. The smallest absolute Gasteiger partial charge is 0.454 e. The van der Waals surface area contributed by atoms with E-state index in [9.17, 15) is 4.79 Å². The molecule has 7 nitrogen and oxygen atoms in total. The summed E-state index contributed by atoms with van der Waals surface area (Å²) in [4.78, 5) is 15.6. The number of carbonyl (C=O) groups is 1. The third-order valence-corrected chi connectivity index (χ3v) is 4.55. The van der Waals surface area contributed by atoms with Crippen LogP contribution in [0.2, 0.25) is 0 Å². The van der Waals surface area contributed by atoms with Gasteiger partial charge in [0, 0.05) is 25.4 Å². The third kappa shape index (κ3) is 5.72. The van der Waals surface area contributed by atoms with E-state index in [0.717, 1.165) is 22.5 Å². The van der Waals surface area contributed by atoms with Gasteiger partial charge in [-0.3, -0.25) is 9.67 Å². The molecule has 0 N–H and O–H groups in total. The Morgan fingerprint density at radius 1 is 1.20 bits per heavy atom. The predicted octanol–water partition coefficient (Wildman–Crippen LogP) is 4.83. The second-order valence-corrected chi connectivity index (χ2v) is 7.80. The lowest BCUT2D eigenvalue weighted by Crippen LogP contribution is -2.12. The number of aliphatic imine (C=N–C) groups is 1. The molecule has 7 heteroatoms. The van der Waals surface area contributed by atoms with Crippen molar-refractivity contribution in [3.05, 3.63) is 52.8 Å². The molecule has 0 fully saturated rings. The number of nitrogens with zero attached hydrogens (tertiary/aromatic N) is 3. The molecule has 0 unspecified atom stereocenters. The Morgan fingerprint density at radius 2 is 1.87 bits per heavy atom. The molecule has 2 rings (SSSR count). The fraction of sp³-hybridized carbons (Fsp3) is 0.435. The topological polar surface area (TPSA) is 74.9 Å². The standard InChI is InChI=1S/C23H31N3O4/c1-8-26-20(13-16(2)25-26)21(29-15-30-22(27)28-7)19(14-24-6)17-9-11-18(12-10-17)23(3,4)5/h9-14H,8,15H2,1-7H3/b21-19-,24-14?. The Hall–Kier alpha value is -3.09. The summed E-state index contributed by atoms with van der Waals surface area (Å²) in [5.41, 5.74) is 4.61. The lowest BCUT2D eigenvalue weighted by molar-refractivity contribution is 0.00351. The van der Waals surface area contributed by atoms with E-state index in [4.69, 9.17) is 9.47 Å². The van der Waals surface area contributed by atoms with Crippen LogP contribution in [0, 0.1) is 6.92 Å². The fourth-order valence-corrected chi connectivity index (χ4v) is 3.00. The molecule has 0 aliphatic carbocycles. The van der Waals surface area contributed by atoms with Gasteiger partial charge >= 0.3 is 6.16 Å². The van der Waals surface area contributed by atoms with Gasteiger partial charge in [-0.05, 0) is 36.5 Å². The van der Waals surface area contributed by atoms with Crippen molar-refractivity contribution in [1.29, 1.82) is 0 Å². The average molecular weight is 414 g/mol. The molecule has 0 amide bonds. The molecule has 30 heavy (non-hydrogen) atoms. The van der Waals surface area contributed by atoms with Crippen molar-refractivity contribution in [2.75, 3.05) is 21.0 Å². The SMILES string of the molecule is CCn1nc(C)cc1/C(OCOC(=O)OC)=C(\C=NC)c1ccc(C(C)(C)C)cc1. The number of hydrogen-bond acceptors (Lipinski definition) is 6. The minimum atomic E-state index is -0.810. The predicted molar refractivity (Wildman–Crippen MR) is 118 cm³/mol. The Morgan fingerprint density at radius 3 is 2.40 bits per heavy atom. The average Bonchev–Trinajstić information content (AvgIpc) is 3.09. The van der Waals surface area contributed by atoms with Crippen LogP contribution in [0.5, 0.6) is 0 Å². The molecule has 0 bridgehead atoms.